The molecule has 1 amide bonds. The average molecular weight is 666 g/mol. The van der Waals surface area contributed by atoms with Crippen LogP contribution in [0.25, 0.3) is 10.8 Å². The molecule has 2 aliphatic heterocycles. The number of carbonyl (C=O) groups excluding carboxylic acids is 1. The van der Waals surface area contributed by atoms with E-state index in [2.05, 4.69) is 83.9 Å². The lowest BCUT2D eigenvalue weighted by Crippen LogP contribution is -2.55. The summed E-state index contributed by atoms with van der Waals surface area (Å²) >= 11 is 0. The molecule has 0 spiro atoms. The van der Waals surface area contributed by atoms with Crippen LogP contribution in [0.15, 0.2) is 55.1 Å². The van der Waals surface area contributed by atoms with Crippen LogP contribution >= 0.6 is 0 Å². The highest BCUT2D eigenvalue weighted by Crippen LogP contribution is 2.41. The number of hydrogen-bond donors (Lipinski definition) is 1. The van der Waals surface area contributed by atoms with Crippen molar-refractivity contribution in [3.8, 4) is 12.1 Å². The van der Waals surface area contributed by atoms with Gasteiger partial charge in [-0.05, 0) is 50.9 Å². The fourth-order valence-corrected chi connectivity index (χ4v) is 6.32. The van der Waals surface area contributed by atoms with Gasteiger partial charge < -0.3 is 29.4 Å². The van der Waals surface area contributed by atoms with E-state index in [9.17, 15) is 23.2 Å². The maximum absolute atomic E-state index is 12.5. The number of aromatic nitrogens is 2. The maximum Gasteiger partial charge on any atom is 0.490 e. The average Bonchev–Trinajstić information content (AvgIpc) is 3.81. The van der Waals surface area contributed by atoms with Gasteiger partial charge in [-0.2, -0.15) is 28.4 Å². The third-order valence-corrected chi connectivity index (χ3v) is 8.66. The quantitative estimate of drug-likeness (QED) is 0.346. The van der Waals surface area contributed by atoms with E-state index < -0.39 is 12.1 Å². The zero-order chi connectivity index (χ0) is 34.6. The summed E-state index contributed by atoms with van der Waals surface area (Å²) in [5.74, 6) is -2.02. The first-order valence-corrected chi connectivity index (χ1v) is 15.7. The second kappa shape index (κ2) is 14.1. The molecule has 0 bridgehead atoms. The van der Waals surface area contributed by atoms with E-state index in [1.54, 1.807) is 4.90 Å². The fourth-order valence-electron chi connectivity index (χ4n) is 6.32. The monoisotopic (exact) mass is 665 g/mol. The third kappa shape index (κ3) is 7.79. The van der Waals surface area contributed by atoms with Crippen molar-refractivity contribution in [2.75, 3.05) is 56.6 Å². The molecular formula is C34H38F3N7O4. The number of hydrogen-bond acceptors (Lipinski definition) is 9. The van der Waals surface area contributed by atoms with Gasteiger partial charge >= 0.3 is 18.2 Å². The fraction of sp³-hybridized carbons (Fsp3) is 0.441. The van der Waals surface area contributed by atoms with Crippen molar-refractivity contribution in [1.82, 2.24) is 19.8 Å². The van der Waals surface area contributed by atoms with Crippen LogP contribution < -0.4 is 14.5 Å². The molecule has 0 radical (unpaired) electrons. The first-order chi connectivity index (χ1) is 22.8. The highest BCUT2D eigenvalue weighted by Gasteiger charge is 2.47. The summed E-state index contributed by atoms with van der Waals surface area (Å²) in [6.45, 7) is 7.65. The predicted octanol–water partition coefficient (Wildman–Crippen LogP) is 4.42. The summed E-state index contributed by atoms with van der Waals surface area (Å²) in [5, 5.41) is 19.1. The summed E-state index contributed by atoms with van der Waals surface area (Å²) in [7, 11) is 4.12. The van der Waals surface area contributed by atoms with Crippen LogP contribution in [0.4, 0.5) is 24.7 Å². The van der Waals surface area contributed by atoms with E-state index >= 15 is 0 Å². The van der Waals surface area contributed by atoms with Gasteiger partial charge in [-0.25, -0.2) is 4.79 Å². The number of amides is 1. The highest BCUT2D eigenvalue weighted by molar-refractivity contribution is 5.94. The van der Waals surface area contributed by atoms with Crippen molar-refractivity contribution in [3.63, 3.8) is 0 Å². The SMILES string of the molecule is C=CC(=O)N1CCN(c2nc(OC3(CN(C)C)CC3)nc3c2CCN(c2cccc4ccccc24)C3)C[C@@H]1CC#N.O=C(O)C(F)(F)F. The van der Waals surface area contributed by atoms with Crippen LogP contribution in [0.1, 0.15) is 30.5 Å². The second-order valence-electron chi connectivity index (χ2n) is 12.4. The van der Waals surface area contributed by atoms with E-state index in [-0.39, 0.29) is 24.0 Å². The molecule has 1 N–H and O–H groups in total. The summed E-state index contributed by atoms with van der Waals surface area (Å²) in [4.78, 5) is 40.0. The van der Waals surface area contributed by atoms with Crippen molar-refractivity contribution in [2.24, 2.45) is 0 Å². The van der Waals surface area contributed by atoms with Crippen molar-refractivity contribution >= 4 is 34.2 Å². The van der Waals surface area contributed by atoms with E-state index in [1.165, 1.54) is 22.5 Å². The molecule has 3 heterocycles. The molecule has 3 aliphatic rings. The molecular weight excluding hydrogens is 627 g/mol. The Balaban J connectivity index is 0.000000582. The standard InChI is InChI=1S/C32H37N7O2.C2HF3O2/c1-4-29(40)39-19-18-38(20-24(39)12-16-33)30-26-13-17-37(28-11-7-9-23-8-5-6-10-25(23)28)21-27(26)34-31(35-30)41-32(14-15-32)22-36(2)3;3-2(4,5)1(6)7/h4-11,24H,1,12-15,17-22H2,2-3H3;(H,6,7)/t24-;/m0./s1. The molecule has 1 saturated carbocycles. The number of carboxylic acids is 1. The van der Waals surface area contributed by atoms with E-state index in [0.717, 1.165) is 49.4 Å². The summed E-state index contributed by atoms with van der Waals surface area (Å²) in [6, 6.07) is 17.4. The van der Waals surface area contributed by atoms with Gasteiger partial charge in [0, 0.05) is 49.4 Å². The number of anilines is 2. The molecule has 14 heteroatoms. The van der Waals surface area contributed by atoms with Crippen molar-refractivity contribution in [1.29, 1.82) is 5.26 Å². The Kier molecular flexibility index (Phi) is 10.1. The number of nitriles is 1. The zero-order valence-corrected chi connectivity index (χ0v) is 26.9. The van der Waals surface area contributed by atoms with Gasteiger partial charge in [0.15, 0.2) is 0 Å². The molecule has 6 rings (SSSR count). The minimum absolute atomic E-state index is 0.135. The number of rotatable bonds is 8. The maximum atomic E-state index is 12.5. The molecule has 1 atom stereocenters. The number of piperazine rings is 1. The number of ether oxygens (including phenoxy) is 1. The van der Waals surface area contributed by atoms with Crippen molar-refractivity contribution in [3.05, 3.63) is 66.4 Å². The molecule has 1 aliphatic carbocycles. The molecule has 3 aromatic rings. The third-order valence-electron chi connectivity index (χ3n) is 8.66. The minimum Gasteiger partial charge on any atom is -0.475 e. The Morgan fingerprint density at radius 3 is 2.48 bits per heavy atom. The first kappa shape index (κ1) is 34.4. The van der Waals surface area contributed by atoms with Gasteiger partial charge in [0.25, 0.3) is 0 Å². The van der Waals surface area contributed by atoms with E-state index in [0.29, 0.717) is 32.2 Å². The number of carbonyl (C=O) groups is 2. The summed E-state index contributed by atoms with van der Waals surface area (Å²) in [5.41, 5.74) is 3.06. The van der Waals surface area contributed by atoms with Gasteiger partial charge in [0.1, 0.15) is 11.4 Å². The zero-order valence-electron chi connectivity index (χ0n) is 26.9. The lowest BCUT2D eigenvalue weighted by atomic mass is 10.0. The normalized spacial score (nSPS) is 18.4. The predicted molar refractivity (Wildman–Crippen MR) is 174 cm³/mol. The van der Waals surface area contributed by atoms with Crippen LogP contribution in [-0.4, -0.2) is 101 Å². The number of likely N-dealkylation sites (N-methyl/N-ethyl adjacent to an activating group) is 1. The van der Waals surface area contributed by atoms with Crippen LogP contribution in [-0.2, 0) is 22.6 Å². The van der Waals surface area contributed by atoms with Crippen molar-refractivity contribution < 1.29 is 32.6 Å². The smallest absolute Gasteiger partial charge is 0.475 e. The minimum atomic E-state index is -5.08. The van der Waals surface area contributed by atoms with E-state index in [1.807, 2.05) is 0 Å². The van der Waals surface area contributed by atoms with Gasteiger partial charge in [-0.15, -0.1) is 0 Å². The number of nitrogens with zero attached hydrogens (tertiary/aromatic N) is 7. The van der Waals surface area contributed by atoms with Crippen LogP contribution in [0.2, 0.25) is 0 Å². The highest BCUT2D eigenvalue weighted by atomic mass is 19.4. The Morgan fingerprint density at radius 2 is 1.83 bits per heavy atom. The number of halogens is 3. The van der Waals surface area contributed by atoms with Gasteiger partial charge in [0.05, 0.1) is 30.8 Å². The molecule has 1 aromatic heterocycles. The molecule has 254 valence electrons. The van der Waals surface area contributed by atoms with Gasteiger partial charge in [-0.3, -0.25) is 4.79 Å². The van der Waals surface area contributed by atoms with E-state index in [4.69, 9.17) is 24.6 Å². The molecule has 11 nitrogen and oxygen atoms in total. The Labute approximate surface area is 276 Å². The lowest BCUT2D eigenvalue weighted by molar-refractivity contribution is -0.192. The topological polar surface area (TPSA) is 126 Å². The molecule has 1 saturated heterocycles. The lowest BCUT2D eigenvalue weighted by Gasteiger charge is -2.42. The number of fused-ring (bicyclic) bond motifs is 2. The van der Waals surface area contributed by atoms with Crippen LogP contribution in [0.5, 0.6) is 6.01 Å². The van der Waals surface area contributed by atoms with Crippen LogP contribution in [0.3, 0.4) is 0 Å². The summed E-state index contributed by atoms with van der Waals surface area (Å²) < 4.78 is 38.3. The molecule has 0 unspecified atom stereocenters. The van der Waals surface area contributed by atoms with Gasteiger partial charge in [-0.1, -0.05) is 43.0 Å². The molecule has 48 heavy (non-hydrogen) atoms. The number of alkyl halides is 3. The largest absolute Gasteiger partial charge is 0.490 e. The number of aliphatic carboxylic acids is 1. The Morgan fingerprint density at radius 1 is 1.12 bits per heavy atom. The second-order valence-corrected chi connectivity index (χ2v) is 12.4. The first-order valence-electron chi connectivity index (χ1n) is 15.7. The Hall–Kier alpha value is -4.90. The van der Waals surface area contributed by atoms with Crippen molar-refractivity contribution in [2.45, 2.75) is 50.0 Å². The van der Waals surface area contributed by atoms with Gasteiger partial charge in [0.2, 0.25) is 5.91 Å². The number of benzene rings is 2. The summed E-state index contributed by atoms with van der Waals surface area (Å²) in [6.07, 6.45) is -0.731. The Bertz CT molecular complexity index is 1720. The molecule has 2 aromatic carbocycles. The molecule has 2 fully saturated rings. The number of carboxylic acid groups (broad SMARTS) is 1. The van der Waals surface area contributed by atoms with Crippen LogP contribution in [0, 0.1) is 11.3 Å².